The highest BCUT2D eigenvalue weighted by atomic mass is 16.5. The fraction of sp³-hybridized carbons (Fsp3) is 0.385. The number of aliphatic carboxylic acids is 1. The van der Waals surface area contributed by atoms with Crippen LogP contribution in [0, 0.1) is 5.41 Å². The van der Waals surface area contributed by atoms with Gasteiger partial charge < -0.3 is 9.84 Å². The second-order valence-corrected chi connectivity index (χ2v) is 4.34. The van der Waals surface area contributed by atoms with Crippen LogP contribution in [0.4, 0.5) is 0 Å². The Kier molecular flexibility index (Phi) is 2.88. The second kappa shape index (κ2) is 4.20. The van der Waals surface area contributed by atoms with Crippen molar-refractivity contribution < 1.29 is 19.4 Å². The maximum Gasteiger partial charge on any atom is 0.317 e. The molecular weight excluding hydrogens is 220 g/mol. The maximum atomic E-state index is 11.9. The largest absolute Gasteiger partial charge is 0.497 e. The summed E-state index contributed by atoms with van der Waals surface area (Å²) in [5.74, 6) is -0.466. The van der Waals surface area contributed by atoms with Crippen LogP contribution < -0.4 is 4.74 Å². The van der Waals surface area contributed by atoms with Crippen molar-refractivity contribution in [3.63, 3.8) is 0 Å². The maximum absolute atomic E-state index is 11.9. The minimum absolute atomic E-state index is 0.177. The van der Waals surface area contributed by atoms with Gasteiger partial charge in [-0.15, -0.1) is 0 Å². The minimum Gasteiger partial charge on any atom is -0.497 e. The third-order valence-corrected chi connectivity index (χ3v) is 3.22. The van der Waals surface area contributed by atoms with Gasteiger partial charge in [0, 0.05) is 6.42 Å². The topological polar surface area (TPSA) is 63.6 Å². The zero-order chi connectivity index (χ0) is 12.5. The number of methoxy groups -OCH3 is 1. The van der Waals surface area contributed by atoms with Crippen molar-refractivity contribution in [1.82, 2.24) is 0 Å². The molecule has 0 spiro atoms. The number of hydrogen-bond acceptors (Lipinski definition) is 3. The highest BCUT2D eigenvalue weighted by molar-refractivity contribution is 6.06. The van der Waals surface area contributed by atoms with Crippen LogP contribution in [0.2, 0.25) is 0 Å². The number of carboxylic acids is 1. The van der Waals surface area contributed by atoms with Crippen LogP contribution in [-0.2, 0) is 16.0 Å². The summed E-state index contributed by atoms with van der Waals surface area (Å²) in [5.41, 5.74) is -0.275. The number of ketones is 1. The first-order valence-corrected chi connectivity index (χ1v) is 5.48. The number of rotatable bonds is 5. The number of carbonyl (C=O) groups excluding carboxylic acids is 1. The molecule has 17 heavy (non-hydrogen) atoms. The summed E-state index contributed by atoms with van der Waals surface area (Å²) in [5, 5.41) is 8.99. The molecule has 0 unspecified atom stereocenters. The molecule has 1 aromatic rings. The van der Waals surface area contributed by atoms with E-state index in [2.05, 4.69) is 0 Å². The smallest absolute Gasteiger partial charge is 0.317 e. The average molecular weight is 234 g/mol. The number of ether oxygens (including phenoxy) is 1. The molecular formula is C13H14O4. The zero-order valence-electron chi connectivity index (χ0n) is 9.60. The van der Waals surface area contributed by atoms with E-state index < -0.39 is 11.4 Å². The summed E-state index contributed by atoms with van der Waals surface area (Å²) in [6.07, 6.45) is 1.12. The lowest BCUT2D eigenvalue weighted by Crippen LogP contribution is -2.26. The van der Waals surface area contributed by atoms with Crippen LogP contribution in [0.5, 0.6) is 5.75 Å². The van der Waals surface area contributed by atoms with Gasteiger partial charge in [-0.2, -0.15) is 0 Å². The molecule has 0 saturated heterocycles. The van der Waals surface area contributed by atoms with Gasteiger partial charge >= 0.3 is 5.97 Å². The number of hydrogen-bond donors (Lipinski definition) is 1. The van der Waals surface area contributed by atoms with Crippen molar-refractivity contribution >= 4 is 11.8 Å². The molecule has 1 aromatic carbocycles. The molecule has 0 heterocycles. The Balaban J connectivity index is 2.06. The Hall–Kier alpha value is -1.84. The van der Waals surface area contributed by atoms with E-state index in [0.717, 1.165) is 11.3 Å². The van der Waals surface area contributed by atoms with Crippen molar-refractivity contribution in [2.75, 3.05) is 7.11 Å². The van der Waals surface area contributed by atoms with Crippen molar-refractivity contribution in [3.8, 4) is 5.75 Å². The third kappa shape index (κ3) is 2.16. The van der Waals surface area contributed by atoms with Gasteiger partial charge in [0.15, 0.2) is 5.78 Å². The van der Waals surface area contributed by atoms with Crippen LogP contribution in [0.3, 0.4) is 0 Å². The SMILES string of the molecule is COc1ccc(CC(=O)C2(C(=O)O)CC2)cc1. The number of carboxylic acid groups (broad SMARTS) is 1. The van der Waals surface area contributed by atoms with Gasteiger partial charge in [0.1, 0.15) is 11.2 Å². The summed E-state index contributed by atoms with van der Waals surface area (Å²) >= 11 is 0. The predicted molar refractivity (Wildman–Crippen MR) is 61.0 cm³/mol. The van der Waals surface area contributed by atoms with Gasteiger partial charge in [0.05, 0.1) is 7.11 Å². The van der Waals surface area contributed by atoms with E-state index in [1.165, 1.54) is 0 Å². The van der Waals surface area contributed by atoms with Gasteiger partial charge in [-0.3, -0.25) is 9.59 Å². The Labute approximate surface area is 99.2 Å². The third-order valence-electron chi connectivity index (χ3n) is 3.22. The molecule has 0 aliphatic heterocycles. The lowest BCUT2D eigenvalue weighted by molar-refractivity contribution is -0.148. The van der Waals surface area contributed by atoms with E-state index >= 15 is 0 Å². The highest BCUT2D eigenvalue weighted by Crippen LogP contribution is 2.47. The van der Waals surface area contributed by atoms with Crippen LogP contribution in [-0.4, -0.2) is 24.0 Å². The number of carbonyl (C=O) groups is 2. The van der Waals surface area contributed by atoms with Crippen LogP contribution >= 0.6 is 0 Å². The summed E-state index contributed by atoms with van der Waals surface area (Å²) in [6, 6.07) is 7.11. The first-order valence-electron chi connectivity index (χ1n) is 5.48. The summed E-state index contributed by atoms with van der Waals surface area (Å²) in [7, 11) is 1.57. The molecule has 4 heteroatoms. The first-order chi connectivity index (χ1) is 8.08. The molecule has 0 amide bonds. The predicted octanol–water partition coefficient (Wildman–Crippen LogP) is 1.67. The zero-order valence-corrected chi connectivity index (χ0v) is 9.60. The van der Waals surface area contributed by atoms with E-state index in [0.29, 0.717) is 12.8 Å². The second-order valence-electron chi connectivity index (χ2n) is 4.34. The summed E-state index contributed by atoms with van der Waals surface area (Å²) in [4.78, 5) is 22.9. The van der Waals surface area contributed by atoms with Gasteiger partial charge in [-0.25, -0.2) is 0 Å². The van der Waals surface area contributed by atoms with E-state index in [1.807, 2.05) is 0 Å². The Morgan fingerprint density at radius 1 is 1.29 bits per heavy atom. The summed E-state index contributed by atoms with van der Waals surface area (Å²) < 4.78 is 5.01. The minimum atomic E-state index is -1.10. The molecule has 1 aliphatic carbocycles. The molecule has 0 aromatic heterocycles. The van der Waals surface area contributed by atoms with Crippen molar-refractivity contribution in [1.29, 1.82) is 0 Å². The molecule has 1 aliphatic rings. The highest BCUT2D eigenvalue weighted by Gasteiger charge is 2.56. The van der Waals surface area contributed by atoms with E-state index in [-0.39, 0.29) is 12.2 Å². The Morgan fingerprint density at radius 2 is 1.88 bits per heavy atom. The Bertz CT molecular complexity index is 443. The number of Topliss-reactive ketones (excluding diaryl/α,β-unsaturated/α-hetero) is 1. The average Bonchev–Trinajstić information content (AvgIpc) is 3.11. The standard InChI is InChI=1S/C13H14O4/c1-17-10-4-2-9(3-5-10)8-11(14)13(6-7-13)12(15)16/h2-5H,6-8H2,1H3,(H,15,16). The normalized spacial score (nSPS) is 16.3. The molecule has 2 rings (SSSR count). The van der Waals surface area contributed by atoms with Crippen molar-refractivity contribution in [2.24, 2.45) is 5.41 Å². The van der Waals surface area contributed by atoms with Gasteiger partial charge in [0.2, 0.25) is 0 Å². The van der Waals surface area contributed by atoms with E-state index in [9.17, 15) is 9.59 Å². The molecule has 0 atom stereocenters. The molecule has 1 saturated carbocycles. The van der Waals surface area contributed by atoms with Crippen LogP contribution in [0.25, 0.3) is 0 Å². The monoisotopic (exact) mass is 234 g/mol. The molecule has 0 radical (unpaired) electrons. The summed E-state index contributed by atoms with van der Waals surface area (Å²) in [6.45, 7) is 0. The Morgan fingerprint density at radius 3 is 2.29 bits per heavy atom. The first kappa shape index (κ1) is 11.6. The fourth-order valence-corrected chi connectivity index (χ4v) is 1.83. The van der Waals surface area contributed by atoms with Gasteiger partial charge in [-0.1, -0.05) is 12.1 Å². The van der Waals surface area contributed by atoms with Gasteiger partial charge in [-0.05, 0) is 30.5 Å². The fourth-order valence-electron chi connectivity index (χ4n) is 1.83. The van der Waals surface area contributed by atoms with Crippen LogP contribution in [0.15, 0.2) is 24.3 Å². The van der Waals surface area contributed by atoms with E-state index in [1.54, 1.807) is 31.4 Å². The molecule has 1 N–H and O–H groups in total. The quantitative estimate of drug-likeness (QED) is 0.787. The molecule has 90 valence electrons. The lowest BCUT2D eigenvalue weighted by Gasteiger charge is -2.08. The molecule has 4 nitrogen and oxygen atoms in total. The molecule has 0 bridgehead atoms. The van der Waals surface area contributed by atoms with E-state index in [4.69, 9.17) is 9.84 Å². The lowest BCUT2D eigenvalue weighted by atomic mass is 9.95. The number of benzene rings is 1. The van der Waals surface area contributed by atoms with Crippen molar-refractivity contribution in [3.05, 3.63) is 29.8 Å². The van der Waals surface area contributed by atoms with Gasteiger partial charge in [0.25, 0.3) is 0 Å². The molecule has 1 fully saturated rings. The van der Waals surface area contributed by atoms with Crippen molar-refractivity contribution in [2.45, 2.75) is 19.3 Å². The van der Waals surface area contributed by atoms with Crippen LogP contribution in [0.1, 0.15) is 18.4 Å².